The van der Waals surface area contributed by atoms with E-state index in [4.69, 9.17) is 11.6 Å². The van der Waals surface area contributed by atoms with Gasteiger partial charge in [-0.25, -0.2) is 9.78 Å². The van der Waals surface area contributed by atoms with Crippen molar-refractivity contribution in [2.75, 3.05) is 12.4 Å². The van der Waals surface area contributed by atoms with Crippen molar-refractivity contribution in [3.63, 3.8) is 0 Å². The maximum Gasteiger partial charge on any atom is 0.340 e. The summed E-state index contributed by atoms with van der Waals surface area (Å²) in [7, 11) is 1.27. The van der Waals surface area contributed by atoms with Crippen LogP contribution in [0, 0.1) is 5.92 Å². The van der Waals surface area contributed by atoms with E-state index in [1.807, 2.05) is 0 Å². The topological polar surface area (TPSA) is 68.3 Å². The Kier molecular flexibility index (Phi) is 3.28. The molecule has 1 N–H and O–H groups in total. The van der Waals surface area contributed by atoms with Gasteiger partial charge in [0.15, 0.2) is 0 Å². The van der Waals surface area contributed by atoms with E-state index in [1.165, 1.54) is 19.4 Å². The van der Waals surface area contributed by atoms with E-state index in [9.17, 15) is 9.59 Å². The molecule has 1 amide bonds. The number of nitrogens with one attached hydrogen (secondary N) is 1. The van der Waals surface area contributed by atoms with Gasteiger partial charge in [0.1, 0.15) is 5.15 Å². The highest BCUT2D eigenvalue weighted by molar-refractivity contribution is 6.29. The van der Waals surface area contributed by atoms with Crippen molar-refractivity contribution in [2.24, 2.45) is 5.92 Å². The number of pyridine rings is 1. The molecular formula is C11H11ClN2O3. The number of halogens is 1. The number of hydrogen-bond acceptors (Lipinski definition) is 4. The van der Waals surface area contributed by atoms with E-state index in [2.05, 4.69) is 15.0 Å². The summed E-state index contributed by atoms with van der Waals surface area (Å²) in [4.78, 5) is 26.9. The summed E-state index contributed by atoms with van der Waals surface area (Å²) in [6.45, 7) is 0. The number of anilines is 1. The Bertz CT molecular complexity index is 472. The minimum Gasteiger partial charge on any atom is -0.465 e. The van der Waals surface area contributed by atoms with Gasteiger partial charge in [-0.2, -0.15) is 0 Å². The number of ether oxygens (including phenoxy) is 1. The van der Waals surface area contributed by atoms with Gasteiger partial charge < -0.3 is 10.1 Å². The van der Waals surface area contributed by atoms with Gasteiger partial charge in [-0.05, 0) is 18.9 Å². The molecule has 0 spiro atoms. The smallest absolute Gasteiger partial charge is 0.340 e. The first-order chi connectivity index (χ1) is 8.11. The van der Waals surface area contributed by atoms with E-state index in [0.717, 1.165) is 12.8 Å². The molecule has 1 heterocycles. The third-order valence-corrected chi connectivity index (χ3v) is 2.69. The Hall–Kier alpha value is -1.62. The maximum atomic E-state index is 11.6. The largest absolute Gasteiger partial charge is 0.465 e. The molecule has 0 unspecified atom stereocenters. The first-order valence-corrected chi connectivity index (χ1v) is 5.54. The van der Waals surface area contributed by atoms with Crippen LogP contribution in [-0.4, -0.2) is 24.0 Å². The number of carbonyl (C=O) groups is 2. The van der Waals surface area contributed by atoms with Gasteiger partial charge >= 0.3 is 5.97 Å². The highest BCUT2D eigenvalue weighted by Crippen LogP contribution is 2.30. The highest BCUT2D eigenvalue weighted by atomic mass is 35.5. The zero-order chi connectivity index (χ0) is 12.4. The molecule has 0 aliphatic heterocycles. The summed E-state index contributed by atoms with van der Waals surface area (Å²) in [5, 5.41) is 2.83. The third-order valence-electron chi connectivity index (χ3n) is 2.48. The number of carbonyl (C=O) groups excluding carboxylic acids is 2. The third kappa shape index (κ3) is 2.74. The van der Waals surface area contributed by atoms with Crippen molar-refractivity contribution < 1.29 is 14.3 Å². The molecule has 0 atom stereocenters. The van der Waals surface area contributed by atoms with E-state index < -0.39 is 5.97 Å². The number of rotatable bonds is 3. The predicted molar refractivity (Wildman–Crippen MR) is 61.9 cm³/mol. The minimum absolute atomic E-state index is 0.0520. The summed E-state index contributed by atoms with van der Waals surface area (Å²) in [5.41, 5.74) is 0.541. The SMILES string of the molecule is COC(=O)c1cc(Cl)ncc1NC(=O)C1CC1. The van der Waals surface area contributed by atoms with Crippen molar-refractivity contribution in [3.05, 3.63) is 23.0 Å². The van der Waals surface area contributed by atoms with Crippen LogP contribution in [0.15, 0.2) is 12.3 Å². The molecule has 90 valence electrons. The Balaban J connectivity index is 2.25. The standard InChI is InChI=1S/C11H11ClN2O3/c1-17-11(16)7-4-9(12)13-5-8(7)14-10(15)6-2-3-6/h4-6H,2-3H2,1H3,(H,14,15). The van der Waals surface area contributed by atoms with Crippen LogP contribution >= 0.6 is 11.6 Å². The van der Waals surface area contributed by atoms with Gasteiger partial charge in [0.25, 0.3) is 0 Å². The molecule has 0 aromatic carbocycles. The normalized spacial score (nSPS) is 14.2. The predicted octanol–water partition coefficient (Wildman–Crippen LogP) is 1.87. The van der Waals surface area contributed by atoms with Crippen molar-refractivity contribution in [3.8, 4) is 0 Å². The van der Waals surface area contributed by atoms with Gasteiger partial charge in [-0.3, -0.25) is 4.79 Å². The zero-order valence-corrected chi connectivity index (χ0v) is 9.95. The Labute approximate surface area is 103 Å². The van der Waals surface area contributed by atoms with Gasteiger partial charge in [0, 0.05) is 5.92 Å². The maximum absolute atomic E-state index is 11.6. The molecule has 0 bridgehead atoms. The van der Waals surface area contributed by atoms with Crippen LogP contribution in [0.25, 0.3) is 0 Å². The zero-order valence-electron chi connectivity index (χ0n) is 9.20. The number of amides is 1. The fourth-order valence-electron chi connectivity index (χ4n) is 1.39. The molecule has 1 saturated carbocycles. The van der Waals surface area contributed by atoms with Gasteiger partial charge in [0.2, 0.25) is 5.91 Å². The lowest BCUT2D eigenvalue weighted by Crippen LogP contribution is -2.17. The van der Waals surface area contributed by atoms with Crippen molar-refractivity contribution in [1.82, 2.24) is 4.98 Å². The number of hydrogen-bond donors (Lipinski definition) is 1. The lowest BCUT2D eigenvalue weighted by Gasteiger charge is -2.08. The molecule has 1 aliphatic rings. The molecule has 1 fully saturated rings. The molecule has 0 radical (unpaired) electrons. The van der Waals surface area contributed by atoms with E-state index >= 15 is 0 Å². The summed E-state index contributed by atoms with van der Waals surface area (Å²) in [6, 6.07) is 1.37. The quantitative estimate of drug-likeness (QED) is 0.660. The number of methoxy groups -OCH3 is 1. The van der Waals surface area contributed by atoms with Gasteiger partial charge in [-0.15, -0.1) is 0 Å². The molecule has 6 heteroatoms. The van der Waals surface area contributed by atoms with Crippen LogP contribution < -0.4 is 5.32 Å². The second-order valence-electron chi connectivity index (χ2n) is 3.81. The monoisotopic (exact) mass is 254 g/mol. The van der Waals surface area contributed by atoms with Crippen LogP contribution in [0.4, 0.5) is 5.69 Å². The molecule has 1 aromatic heterocycles. The van der Waals surface area contributed by atoms with E-state index in [0.29, 0.717) is 5.69 Å². The molecule has 17 heavy (non-hydrogen) atoms. The van der Waals surface area contributed by atoms with Crippen molar-refractivity contribution in [2.45, 2.75) is 12.8 Å². The van der Waals surface area contributed by atoms with Gasteiger partial charge in [-0.1, -0.05) is 11.6 Å². The van der Waals surface area contributed by atoms with E-state index in [-0.39, 0.29) is 22.5 Å². The first-order valence-electron chi connectivity index (χ1n) is 5.16. The van der Waals surface area contributed by atoms with Crippen LogP contribution in [-0.2, 0) is 9.53 Å². The summed E-state index contributed by atoms with van der Waals surface area (Å²) in [6.07, 6.45) is 3.13. The van der Waals surface area contributed by atoms with Gasteiger partial charge in [0.05, 0.1) is 24.6 Å². The Morgan fingerprint density at radius 2 is 2.24 bits per heavy atom. The molecule has 1 aliphatic carbocycles. The average molecular weight is 255 g/mol. The number of aromatic nitrogens is 1. The van der Waals surface area contributed by atoms with E-state index in [1.54, 1.807) is 0 Å². The molecule has 1 aromatic rings. The lowest BCUT2D eigenvalue weighted by molar-refractivity contribution is -0.117. The number of esters is 1. The second kappa shape index (κ2) is 4.71. The lowest BCUT2D eigenvalue weighted by atomic mass is 10.2. The first kappa shape index (κ1) is 11.9. The summed E-state index contributed by atoms with van der Waals surface area (Å²) >= 11 is 5.70. The van der Waals surface area contributed by atoms with Crippen molar-refractivity contribution in [1.29, 1.82) is 0 Å². The highest BCUT2D eigenvalue weighted by Gasteiger charge is 2.30. The van der Waals surface area contributed by atoms with Crippen molar-refractivity contribution >= 4 is 29.2 Å². The van der Waals surface area contributed by atoms with Crippen LogP contribution in [0.5, 0.6) is 0 Å². The Morgan fingerprint density at radius 1 is 1.53 bits per heavy atom. The average Bonchev–Trinajstić information content (AvgIpc) is 3.14. The molecular weight excluding hydrogens is 244 g/mol. The Morgan fingerprint density at radius 3 is 2.82 bits per heavy atom. The van der Waals surface area contributed by atoms with Crippen LogP contribution in [0.2, 0.25) is 5.15 Å². The fraction of sp³-hybridized carbons (Fsp3) is 0.364. The summed E-state index contributed by atoms with van der Waals surface area (Å²) in [5.74, 6) is -0.601. The van der Waals surface area contributed by atoms with Crippen LogP contribution in [0.3, 0.4) is 0 Å². The number of nitrogens with zero attached hydrogens (tertiary/aromatic N) is 1. The minimum atomic E-state index is -0.555. The molecule has 0 saturated heterocycles. The van der Waals surface area contributed by atoms with Crippen LogP contribution in [0.1, 0.15) is 23.2 Å². The fourth-order valence-corrected chi connectivity index (χ4v) is 1.55. The second-order valence-corrected chi connectivity index (χ2v) is 4.19. The molecule has 5 nitrogen and oxygen atoms in total. The summed E-state index contributed by atoms with van der Waals surface area (Å²) < 4.78 is 4.61. The molecule has 2 rings (SSSR count).